The molecule has 8 nitrogen and oxygen atoms in total. The highest BCUT2D eigenvalue weighted by atomic mass is 16.5. The topological polar surface area (TPSA) is 123 Å². The van der Waals surface area contributed by atoms with Crippen molar-refractivity contribution in [3.05, 3.63) is 22.6 Å². The number of benzene rings is 1. The molecule has 0 unspecified atom stereocenters. The summed E-state index contributed by atoms with van der Waals surface area (Å²) in [5, 5.41) is 14.7. The maximum atomic E-state index is 11.4. The number of amides is 1. The van der Waals surface area contributed by atoms with E-state index in [1.165, 1.54) is 19.2 Å². The SMILES string of the molecule is COc1cc(CO)c(N=O)cc1OCCCC(=O)NCCN. The highest BCUT2D eigenvalue weighted by molar-refractivity contribution is 5.75. The number of aliphatic hydroxyl groups excluding tert-OH is 1. The third-order valence-corrected chi connectivity index (χ3v) is 2.91. The van der Waals surface area contributed by atoms with Crippen LogP contribution in [0.3, 0.4) is 0 Å². The van der Waals surface area contributed by atoms with Crippen molar-refractivity contribution >= 4 is 11.6 Å². The monoisotopic (exact) mass is 311 g/mol. The van der Waals surface area contributed by atoms with Crippen LogP contribution in [0.1, 0.15) is 18.4 Å². The Morgan fingerprint density at radius 2 is 2.18 bits per heavy atom. The number of carbonyl (C=O) groups excluding carboxylic acids is 1. The quantitative estimate of drug-likeness (QED) is 0.434. The second kappa shape index (κ2) is 9.69. The summed E-state index contributed by atoms with van der Waals surface area (Å²) in [6.45, 7) is 0.810. The Morgan fingerprint density at radius 3 is 2.77 bits per heavy atom. The van der Waals surface area contributed by atoms with Crippen LogP contribution in [0.15, 0.2) is 17.3 Å². The summed E-state index contributed by atoms with van der Waals surface area (Å²) in [5.74, 6) is 0.646. The minimum Gasteiger partial charge on any atom is -0.493 e. The number of ether oxygens (including phenoxy) is 2. The number of nitrogens with two attached hydrogens (primary N) is 1. The van der Waals surface area contributed by atoms with Crippen molar-refractivity contribution in [1.82, 2.24) is 5.32 Å². The second-order valence-electron chi connectivity index (χ2n) is 4.47. The zero-order chi connectivity index (χ0) is 16.4. The van der Waals surface area contributed by atoms with E-state index in [4.69, 9.17) is 20.3 Å². The molecule has 1 amide bonds. The number of nitrogens with zero attached hydrogens (tertiary/aromatic N) is 1. The summed E-state index contributed by atoms with van der Waals surface area (Å²) in [6, 6.07) is 2.91. The van der Waals surface area contributed by atoms with Crippen LogP contribution in [0.25, 0.3) is 0 Å². The fourth-order valence-electron chi connectivity index (χ4n) is 1.79. The first kappa shape index (κ1) is 17.9. The van der Waals surface area contributed by atoms with E-state index in [-0.39, 0.29) is 24.8 Å². The zero-order valence-corrected chi connectivity index (χ0v) is 12.5. The van der Waals surface area contributed by atoms with Crippen molar-refractivity contribution in [3.63, 3.8) is 0 Å². The number of rotatable bonds is 10. The number of hydrogen-bond acceptors (Lipinski definition) is 7. The molecule has 122 valence electrons. The molecule has 0 heterocycles. The van der Waals surface area contributed by atoms with Gasteiger partial charge in [-0.1, -0.05) is 0 Å². The van der Waals surface area contributed by atoms with Gasteiger partial charge in [-0.25, -0.2) is 0 Å². The van der Waals surface area contributed by atoms with Gasteiger partial charge in [0.2, 0.25) is 5.91 Å². The summed E-state index contributed by atoms with van der Waals surface area (Å²) < 4.78 is 10.7. The van der Waals surface area contributed by atoms with E-state index in [2.05, 4.69) is 10.5 Å². The molecule has 0 bridgehead atoms. The van der Waals surface area contributed by atoms with Gasteiger partial charge in [-0.05, 0) is 17.7 Å². The van der Waals surface area contributed by atoms with Crippen molar-refractivity contribution in [2.75, 3.05) is 26.8 Å². The van der Waals surface area contributed by atoms with Gasteiger partial charge in [0.25, 0.3) is 0 Å². The molecule has 0 atom stereocenters. The van der Waals surface area contributed by atoms with Crippen LogP contribution in [0.5, 0.6) is 11.5 Å². The van der Waals surface area contributed by atoms with Crippen LogP contribution in [-0.4, -0.2) is 37.8 Å². The molecule has 0 saturated heterocycles. The molecule has 1 aromatic rings. The van der Waals surface area contributed by atoms with Crippen LogP contribution in [0, 0.1) is 4.91 Å². The predicted molar refractivity (Wildman–Crippen MR) is 81.2 cm³/mol. The molecule has 22 heavy (non-hydrogen) atoms. The number of methoxy groups -OCH3 is 1. The molecular formula is C14H21N3O5. The largest absolute Gasteiger partial charge is 0.493 e. The van der Waals surface area contributed by atoms with Crippen LogP contribution in [0.4, 0.5) is 5.69 Å². The molecule has 4 N–H and O–H groups in total. The molecule has 0 saturated carbocycles. The average molecular weight is 311 g/mol. The maximum Gasteiger partial charge on any atom is 0.220 e. The van der Waals surface area contributed by atoms with E-state index in [0.717, 1.165) is 0 Å². The van der Waals surface area contributed by atoms with Crippen molar-refractivity contribution in [2.45, 2.75) is 19.4 Å². The molecule has 0 aliphatic rings. The normalized spacial score (nSPS) is 10.1. The summed E-state index contributed by atoms with van der Waals surface area (Å²) in [4.78, 5) is 22.1. The highest BCUT2D eigenvalue weighted by Crippen LogP contribution is 2.35. The Morgan fingerprint density at radius 1 is 1.41 bits per heavy atom. The van der Waals surface area contributed by atoms with Crippen molar-refractivity contribution in [1.29, 1.82) is 0 Å². The lowest BCUT2D eigenvalue weighted by molar-refractivity contribution is -0.121. The molecule has 0 radical (unpaired) electrons. The molecule has 8 heteroatoms. The molecule has 0 aromatic heterocycles. The lowest BCUT2D eigenvalue weighted by Crippen LogP contribution is -2.29. The highest BCUT2D eigenvalue weighted by Gasteiger charge is 2.12. The Balaban J connectivity index is 2.58. The lowest BCUT2D eigenvalue weighted by atomic mass is 10.1. The number of nitrogens with one attached hydrogen (secondary N) is 1. The van der Waals surface area contributed by atoms with E-state index >= 15 is 0 Å². The van der Waals surface area contributed by atoms with Gasteiger partial charge in [0.1, 0.15) is 5.69 Å². The van der Waals surface area contributed by atoms with Gasteiger partial charge in [-0.3, -0.25) is 4.79 Å². The van der Waals surface area contributed by atoms with Crippen LogP contribution < -0.4 is 20.5 Å². The molecule has 0 spiro atoms. The predicted octanol–water partition coefficient (Wildman–Crippen LogP) is 0.819. The minimum atomic E-state index is -0.320. The van der Waals surface area contributed by atoms with Crippen molar-refractivity contribution < 1.29 is 19.4 Å². The van der Waals surface area contributed by atoms with Gasteiger partial charge in [-0.2, -0.15) is 0 Å². The summed E-state index contributed by atoms with van der Waals surface area (Å²) in [5.41, 5.74) is 5.74. The Hall–Kier alpha value is -2.19. The van der Waals surface area contributed by atoms with Gasteiger partial charge in [0.15, 0.2) is 11.5 Å². The van der Waals surface area contributed by atoms with Crippen LogP contribution in [0.2, 0.25) is 0 Å². The molecule has 0 aliphatic carbocycles. The van der Waals surface area contributed by atoms with Gasteiger partial charge >= 0.3 is 0 Å². The summed E-state index contributed by atoms with van der Waals surface area (Å²) >= 11 is 0. The first-order valence-electron chi connectivity index (χ1n) is 6.91. The average Bonchev–Trinajstić information content (AvgIpc) is 2.55. The molecule has 1 aromatic carbocycles. The fourth-order valence-corrected chi connectivity index (χ4v) is 1.79. The van der Waals surface area contributed by atoms with Gasteiger partial charge in [0.05, 0.1) is 20.3 Å². The smallest absolute Gasteiger partial charge is 0.220 e. The number of aliphatic hydroxyl groups is 1. The van der Waals surface area contributed by atoms with E-state index in [9.17, 15) is 9.70 Å². The zero-order valence-electron chi connectivity index (χ0n) is 12.5. The third kappa shape index (κ3) is 5.30. The van der Waals surface area contributed by atoms with E-state index in [1.807, 2.05) is 0 Å². The summed E-state index contributed by atoms with van der Waals surface area (Å²) in [7, 11) is 1.46. The maximum absolute atomic E-state index is 11.4. The van der Waals surface area contributed by atoms with Gasteiger partial charge in [-0.15, -0.1) is 4.91 Å². The van der Waals surface area contributed by atoms with Crippen molar-refractivity contribution in [2.24, 2.45) is 10.9 Å². The Bertz CT molecular complexity index is 507. The molecule has 1 rings (SSSR count). The van der Waals surface area contributed by atoms with Gasteiger partial charge < -0.3 is 25.6 Å². The Kier molecular flexibility index (Phi) is 7.87. The van der Waals surface area contributed by atoms with Crippen LogP contribution >= 0.6 is 0 Å². The van der Waals surface area contributed by atoms with E-state index in [1.54, 1.807) is 0 Å². The number of hydrogen-bond donors (Lipinski definition) is 3. The molecule has 0 aliphatic heterocycles. The third-order valence-electron chi connectivity index (χ3n) is 2.91. The molecular weight excluding hydrogens is 290 g/mol. The Labute approximate surface area is 128 Å². The van der Waals surface area contributed by atoms with E-state index in [0.29, 0.717) is 43.0 Å². The first-order valence-corrected chi connectivity index (χ1v) is 6.91. The summed E-state index contributed by atoms with van der Waals surface area (Å²) in [6.07, 6.45) is 0.820. The minimum absolute atomic E-state index is 0.0908. The van der Waals surface area contributed by atoms with Crippen molar-refractivity contribution in [3.8, 4) is 11.5 Å². The van der Waals surface area contributed by atoms with Crippen LogP contribution in [-0.2, 0) is 11.4 Å². The fraction of sp³-hybridized carbons (Fsp3) is 0.500. The molecule has 0 fully saturated rings. The lowest BCUT2D eigenvalue weighted by Gasteiger charge is -2.12. The number of carbonyl (C=O) groups is 1. The van der Waals surface area contributed by atoms with E-state index < -0.39 is 0 Å². The first-order chi connectivity index (χ1) is 10.7. The second-order valence-corrected chi connectivity index (χ2v) is 4.47. The van der Waals surface area contributed by atoms with Gasteiger partial charge in [0, 0.05) is 31.1 Å². The number of nitroso groups, excluding NO2 is 1. The standard InChI is InChI=1S/C14H21N3O5/c1-21-12-7-10(9-18)11(17-20)8-13(12)22-6-2-3-14(19)16-5-4-15/h7-8,18H,2-6,9,15H2,1H3,(H,16,19).